The van der Waals surface area contributed by atoms with E-state index in [1.54, 1.807) is 0 Å². The first-order valence-electron chi connectivity index (χ1n) is 5.87. The Morgan fingerprint density at radius 1 is 0.882 bits per heavy atom. The SMILES string of the molecule is NC(/C=C\c1ccccc1)Cc1ccccc1. The van der Waals surface area contributed by atoms with Gasteiger partial charge in [-0.1, -0.05) is 72.8 Å². The Morgan fingerprint density at radius 2 is 1.47 bits per heavy atom. The van der Waals surface area contributed by atoms with Crippen LogP contribution in [-0.4, -0.2) is 6.04 Å². The highest BCUT2D eigenvalue weighted by atomic mass is 14.6. The van der Waals surface area contributed by atoms with Crippen molar-refractivity contribution in [2.24, 2.45) is 5.73 Å². The quantitative estimate of drug-likeness (QED) is 0.845. The van der Waals surface area contributed by atoms with Gasteiger partial charge in [-0.3, -0.25) is 0 Å². The summed E-state index contributed by atoms with van der Waals surface area (Å²) in [7, 11) is 0. The van der Waals surface area contributed by atoms with Crippen molar-refractivity contribution in [3.63, 3.8) is 0 Å². The van der Waals surface area contributed by atoms with Crippen molar-refractivity contribution in [2.75, 3.05) is 0 Å². The first kappa shape index (κ1) is 11.6. The molecule has 0 bridgehead atoms. The molecule has 2 N–H and O–H groups in total. The molecule has 17 heavy (non-hydrogen) atoms. The summed E-state index contributed by atoms with van der Waals surface area (Å²) in [5.41, 5.74) is 8.53. The van der Waals surface area contributed by atoms with E-state index in [4.69, 9.17) is 5.73 Å². The molecule has 1 heteroatoms. The molecule has 0 amide bonds. The van der Waals surface area contributed by atoms with E-state index in [1.165, 1.54) is 11.1 Å². The highest BCUT2D eigenvalue weighted by Crippen LogP contribution is 2.05. The van der Waals surface area contributed by atoms with Crippen LogP contribution in [0.25, 0.3) is 6.08 Å². The summed E-state index contributed by atoms with van der Waals surface area (Å²) in [6, 6.07) is 20.6. The van der Waals surface area contributed by atoms with E-state index in [0.717, 1.165) is 6.42 Å². The molecule has 0 fully saturated rings. The molecular weight excluding hydrogens is 206 g/mol. The molecule has 0 spiro atoms. The van der Waals surface area contributed by atoms with Crippen LogP contribution >= 0.6 is 0 Å². The summed E-state index contributed by atoms with van der Waals surface area (Å²) in [5.74, 6) is 0. The van der Waals surface area contributed by atoms with Gasteiger partial charge < -0.3 is 5.73 Å². The van der Waals surface area contributed by atoms with Gasteiger partial charge in [0.15, 0.2) is 0 Å². The molecule has 0 aliphatic heterocycles. The molecule has 0 aliphatic carbocycles. The maximum absolute atomic E-state index is 6.07. The zero-order valence-corrected chi connectivity index (χ0v) is 9.79. The van der Waals surface area contributed by atoms with Crippen LogP contribution in [0.4, 0.5) is 0 Å². The second kappa shape index (κ2) is 6.02. The van der Waals surface area contributed by atoms with Gasteiger partial charge in [-0.2, -0.15) is 0 Å². The fraction of sp³-hybridized carbons (Fsp3) is 0.125. The fourth-order valence-corrected chi connectivity index (χ4v) is 1.75. The maximum Gasteiger partial charge on any atom is 0.0267 e. The molecule has 86 valence electrons. The largest absolute Gasteiger partial charge is 0.324 e. The van der Waals surface area contributed by atoms with E-state index < -0.39 is 0 Å². The average Bonchev–Trinajstić information content (AvgIpc) is 2.39. The minimum absolute atomic E-state index is 0.0672. The maximum atomic E-state index is 6.07. The lowest BCUT2D eigenvalue weighted by molar-refractivity contribution is 0.813. The Bertz CT molecular complexity index is 459. The Balaban J connectivity index is 1.94. The summed E-state index contributed by atoms with van der Waals surface area (Å²) in [4.78, 5) is 0. The standard InChI is InChI=1S/C16H17N/c17-16(13-15-9-5-2-6-10-15)12-11-14-7-3-1-4-8-14/h1-12,16H,13,17H2/b12-11-. The van der Waals surface area contributed by atoms with Crippen molar-refractivity contribution in [3.8, 4) is 0 Å². The van der Waals surface area contributed by atoms with E-state index in [2.05, 4.69) is 36.4 Å². The number of hydrogen-bond acceptors (Lipinski definition) is 1. The zero-order chi connectivity index (χ0) is 11.9. The molecule has 1 unspecified atom stereocenters. The van der Waals surface area contributed by atoms with Gasteiger partial charge in [0.1, 0.15) is 0 Å². The van der Waals surface area contributed by atoms with Crippen LogP contribution in [0.1, 0.15) is 11.1 Å². The lowest BCUT2D eigenvalue weighted by Crippen LogP contribution is -2.19. The second-order valence-electron chi connectivity index (χ2n) is 4.12. The third-order valence-electron chi connectivity index (χ3n) is 2.65. The van der Waals surface area contributed by atoms with Gasteiger partial charge in [0.25, 0.3) is 0 Å². The molecule has 2 aromatic rings. The summed E-state index contributed by atoms with van der Waals surface area (Å²) >= 11 is 0. The lowest BCUT2D eigenvalue weighted by atomic mass is 10.1. The molecule has 1 atom stereocenters. The molecule has 0 heterocycles. The minimum Gasteiger partial charge on any atom is -0.324 e. The normalized spacial score (nSPS) is 12.8. The van der Waals surface area contributed by atoms with Crippen molar-refractivity contribution in [1.29, 1.82) is 0 Å². The van der Waals surface area contributed by atoms with Crippen molar-refractivity contribution >= 4 is 6.08 Å². The monoisotopic (exact) mass is 223 g/mol. The van der Waals surface area contributed by atoms with Crippen molar-refractivity contribution in [3.05, 3.63) is 77.9 Å². The van der Waals surface area contributed by atoms with Crippen LogP contribution in [0.2, 0.25) is 0 Å². The van der Waals surface area contributed by atoms with E-state index >= 15 is 0 Å². The highest BCUT2D eigenvalue weighted by Gasteiger charge is 1.98. The third kappa shape index (κ3) is 3.89. The van der Waals surface area contributed by atoms with Crippen molar-refractivity contribution in [2.45, 2.75) is 12.5 Å². The van der Waals surface area contributed by atoms with Gasteiger partial charge in [0.05, 0.1) is 0 Å². The van der Waals surface area contributed by atoms with Crippen molar-refractivity contribution in [1.82, 2.24) is 0 Å². The molecule has 0 saturated heterocycles. The van der Waals surface area contributed by atoms with E-state index in [-0.39, 0.29) is 6.04 Å². The second-order valence-corrected chi connectivity index (χ2v) is 4.12. The van der Waals surface area contributed by atoms with Gasteiger partial charge in [-0.25, -0.2) is 0 Å². The van der Waals surface area contributed by atoms with E-state index in [9.17, 15) is 0 Å². The molecule has 2 aromatic carbocycles. The average molecular weight is 223 g/mol. The number of benzene rings is 2. The van der Waals surface area contributed by atoms with Crippen LogP contribution in [0, 0.1) is 0 Å². The van der Waals surface area contributed by atoms with Gasteiger partial charge in [0.2, 0.25) is 0 Å². The minimum atomic E-state index is 0.0672. The van der Waals surface area contributed by atoms with Gasteiger partial charge in [-0.15, -0.1) is 0 Å². The van der Waals surface area contributed by atoms with Crippen LogP contribution in [0.15, 0.2) is 66.7 Å². The predicted octanol–water partition coefficient (Wildman–Crippen LogP) is 3.27. The van der Waals surface area contributed by atoms with E-state index in [1.807, 2.05) is 36.4 Å². The Morgan fingerprint density at radius 3 is 2.12 bits per heavy atom. The lowest BCUT2D eigenvalue weighted by Gasteiger charge is -2.06. The fourth-order valence-electron chi connectivity index (χ4n) is 1.75. The molecule has 0 aliphatic rings. The number of hydrogen-bond donors (Lipinski definition) is 1. The van der Waals surface area contributed by atoms with Gasteiger partial charge in [0, 0.05) is 6.04 Å². The molecule has 0 radical (unpaired) electrons. The van der Waals surface area contributed by atoms with Crippen LogP contribution in [-0.2, 0) is 6.42 Å². The molecular formula is C16H17N. The Kier molecular flexibility index (Phi) is 4.11. The Labute approximate surface area is 103 Å². The summed E-state index contributed by atoms with van der Waals surface area (Å²) in [6.45, 7) is 0. The summed E-state index contributed by atoms with van der Waals surface area (Å²) in [5, 5.41) is 0. The van der Waals surface area contributed by atoms with Gasteiger partial charge >= 0.3 is 0 Å². The number of rotatable bonds is 4. The molecule has 0 aromatic heterocycles. The molecule has 2 rings (SSSR count). The van der Waals surface area contributed by atoms with Gasteiger partial charge in [-0.05, 0) is 17.5 Å². The summed E-state index contributed by atoms with van der Waals surface area (Å²) < 4.78 is 0. The number of nitrogens with two attached hydrogens (primary N) is 1. The van der Waals surface area contributed by atoms with Crippen LogP contribution in [0.5, 0.6) is 0 Å². The zero-order valence-electron chi connectivity index (χ0n) is 9.79. The first-order valence-corrected chi connectivity index (χ1v) is 5.87. The first-order chi connectivity index (χ1) is 8.34. The molecule has 1 nitrogen and oxygen atoms in total. The third-order valence-corrected chi connectivity index (χ3v) is 2.65. The summed E-state index contributed by atoms with van der Waals surface area (Å²) in [6.07, 6.45) is 5.01. The predicted molar refractivity (Wildman–Crippen MR) is 73.6 cm³/mol. The highest BCUT2D eigenvalue weighted by molar-refractivity contribution is 5.49. The topological polar surface area (TPSA) is 26.0 Å². The van der Waals surface area contributed by atoms with Crippen molar-refractivity contribution < 1.29 is 0 Å². The Hall–Kier alpha value is -1.86. The van der Waals surface area contributed by atoms with Crippen LogP contribution in [0.3, 0.4) is 0 Å². The smallest absolute Gasteiger partial charge is 0.0267 e. The van der Waals surface area contributed by atoms with E-state index in [0.29, 0.717) is 0 Å². The van der Waals surface area contributed by atoms with Crippen LogP contribution < -0.4 is 5.73 Å². The molecule has 0 saturated carbocycles.